The van der Waals surface area contributed by atoms with E-state index in [1.165, 1.54) is 5.56 Å². The zero-order valence-electron chi connectivity index (χ0n) is 10.7. The van der Waals surface area contributed by atoms with Gasteiger partial charge in [-0.2, -0.15) is 0 Å². The molecule has 2 nitrogen and oxygen atoms in total. The molecule has 0 unspecified atom stereocenters. The smallest absolute Gasteiger partial charge is 0.222 e. The predicted molar refractivity (Wildman–Crippen MR) is 67.4 cm³/mol. The van der Waals surface area contributed by atoms with Crippen LogP contribution in [0.5, 0.6) is 0 Å². The maximum Gasteiger partial charge on any atom is 0.222 e. The Kier molecular flexibility index (Phi) is 4.11. The van der Waals surface area contributed by atoms with Crippen molar-refractivity contribution in [3.05, 3.63) is 35.9 Å². The molecule has 0 saturated heterocycles. The molecule has 0 heterocycles. The fourth-order valence-electron chi connectivity index (χ4n) is 1.93. The van der Waals surface area contributed by atoms with Crippen molar-refractivity contribution < 1.29 is 4.79 Å². The molecule has 16 heavy (non-hydrogen) atoms. The number of rotatable bonds is 4. The van der Waals surface area contributed by atoms with Crippen LogP contribution in [0, 0.1) is 0 Å². The number of hydrogen-bond acceptors (Lipinski definition) is 1. The summed E-state index contributed by atoms with van der Waals surface area (Å²) in [6, 6.07) is 10.3. The third kappa shape index (κ3) is 3.09. The lowest BCUT2D eigenvalue weighted by Crippen LogP contribution is -2.37. The summed E-state index contributed by atoms with van der Waals surface area (Å²) in [7, 11) is 1.87. The van der Waals surface area contributed by atoms with Crippen LogP contribution in [0.1, 0.15) is 32.8 Å². The molecule has 88 valence electrons. The molecular formula is C14H21NO. The summed E-state index contributed by atoms with van der Waals surface area (Å²) in [4.78, 5) is 13.4. The Balaban J connectivity index is 2.76. The Bertz CT molecular complexity index is 343. The molecule has 1 rings (SSSR count). The van der Waals surface area contributed by atoms with Gasteiger partial charge in [-0.1, -0.05) is 51.1 Å². The number of amides is 1. The van der Waals surface area contributed by atoms with E-state index in [9.17, 15) is 4.79 Å². The van der Waals surface area contributed by atoms with E-state index in [2.05, 4.69) is 26.0 Å². The second-order valence-corrected chi connectivity index (χ2v) is 4.85. The van der Waals surface area contributed by atoms with Crippen molar-refractivity contribution in [2.45, 2.75) is 32.6 Å². The molecule has 0 atom stereocenters. The van der Waals surface area contributed by atoms with Crippen molar-refractivity contribution in [1.29, 1.82) is 0 Å². The summed E-state index contributed by atoms with van der Waals surface area (Å²) in [6.45, 7) is 6.99. The minimum absolute atomic E-state index is 0.000833. The summed E-state index contributed by atoms with van der Waals surface area (Å²) < 4.78 is 0. The highest BCUT2D eigenvalue weighted by atomic mass is 16.2. The van der Waals surface area contributed by atoms with Crippen LogP contribution in [0.4, 0.5) is 0 Å². The van der Waals surface area contributed by atoms with Crippen molar-refractivity contribution in [3.8, 4) is 0 Å². The van der Waals surface area contributed by atoms with Gasteiger partial charge in [-0.05, 0) is 5.56 Å². The third-order valence-electron chi connectivity index (χ3n) is 2.92. The molecule has 2 heteroatoms. The Morgan fingerprint density at radius 2 is 1.81 bits per heavy atom. The number of nitrogens with zero attached hydrogens (tertiary/aromatic N) is 1. The fourth-order valence-corrected chi connectivity index (χ4v) is 1.93. The molecule has 0 saturated carbocycles. The highest BCUT2D eigenvalue weighted by molar-refractivity contribution is 5.75. The summed E-state index contributed by atoms with van der Waals surface area (Å²) in [5.74, 6) is 0.198. The third-order valence-corrected chi connectivity index (χ3v) is 2.92. The fraction of sp³-hybridized carbons (Fsp3) is 0.500. The van der Waals surface area contributed by atoms with Crippen LogP contribution in [0.2, 0.25) is 0 Å². The number of benzene rings is 1. The Morgan fingerprint density at radius 3 is 2.31 bits per heavy atom. The highest BCUT2D eigenvalue weighted by Gasteiger charge is 2.23. The molecule has 0 fully saturated rings. The van der Waals surface area contributed by atoms with E-state index >= 15 is 0 Å². The largest absolute Gasteiger partial charge is 0.345 e. The van der Waals surface area contributed by atoms with Crippen LogP contribution in [0.25, 0.3) is 0 Å². The average Bonchev–Trinajstić information content (AvgIpc) is 2.28. The van der Waals surface area contributed by atoms with Gasteiger partial charge in [0.05, 0.1) is 0 Å². The summed E-state index contributed by atoms with van der Waals surface area (Å²) >= 11 is 0. The monoisotopic (exact) mass is 219 g/mol. The van der Waals surface area contributed by atoms with Crippen LogP contribution < -0.4 is 0 Å². The van der Waals surface area contributed by atoms with Gasteiger partial charge < -0.3 is 4.90 Å². The molecule has 0 aliphatic heterocycles. The van der Waals surface area contributed by atoms with Gasteiger partial charge in [0, 0.05) is 25.4 Å². The Morgan fingerprint density at radius 1 is 1.25 bits per heavy atom. The maximum atomic E-state index is 11.5. The van der Waals surface area contributed by atoms with Gasteiger partial charge in [0.1, 0.15) is 0 Å². The SMILES string of the molecule is CCC(=O)N(C)CC(C)(C)c1ccccc1. The van der Waals surface area contributed by atoms with Crippen molar-refractivity contribution in [1.82, 2.24) is 4.90 Å². The Labute approximate surface area is 98.3 Å². The number of carbonyl (C=O) groups excluding carboxylic acids is 1. The van der Waals surface area contributed by atoms with Crippen LogP contribution in [-0.4, -0.2) is 24.4 Å². The molecule has 0 bridgehead atoms. The van der Waals surface area contributed by atoms with E-state index in [0.29, 0.717) is 6.42 Å². The number of likely N-dealkylation sites (N-methyl/N-ethyl adjacent to an activating group) is 1. The van der Waals surface area contributed by atoms with E-state index in [-0.39, 0.29) is 11.3 Å². The molecule has 1 aromatic rings. The summed E-state index contributed by atoms with van der Waals surface area (Å²) in [5.41, 5.74) is 1.27. The van der Waals surface area contributed by atoms with Crippen LogP contribution >= 0.6 is 0 Å². The predicted octanol–water partition coefficient (Wildman–Crippen LogP) is 2.83. The Hall–Kier alpha value is -1.31. The lowest BCUT2D eigenvalue weighted by Gasteiger charge is -2.30. The van der Waals surface area contributed by atoms with Gasteiger partial charge in [0.15, 0.2) is 0 Å². The molecule has 1 aromatic carbocycles. The molecule has 0 N–H and O–H groups in total. The van der Waals surface area contributed by atoms with Gasteiger partial charge in [0.2, 0.25) is 5.91 Å². The molecule has 0 aliphatic carbocycles. The standard InChI is InChI=1S/C14H21NO/c1-5-13(16)15(4)11-14(2,3)12-9-7-6-8-10-12/h6-10H,5,11H2,1-4H3. The van der Waals surface area contributed by atoms with Gasteiger partial charge in [-0.15, -0.1) is 0 Å². The van der Waals surface area contributed by atoms with Crippen molar-refractivity contribution in [2.75, 3.05) is 13.6 Å². The quantitative estimate of drug-likeness (QED) is 0.762. The van der Waals surface area contributed by atoms with Gasteiger partial charge >= 0.3 is 0 Å². The first kappa shape index (κ1) is 12.8. The first-order valence-electron chi connectivity index (χ1n) is 5.77. The molecule has 0 radical (unpaired) electrons. The minimum atomic E-state index is 0.000833. The second-order valence-electron chi connectivity index (χ2n) is 4.85. The minimum Gasteiger partial charge on any atom is -0.345 e. The maximum absolute atomic E-state index is 11.5. The van der Waals surface area contributed by atoms with E-state index in [1.54, 1.807) is 0 Å². The zero-order chi connectivity index (χ0) is 12.2. The first-order valence-corrected chi connectivity index (χ1v) is 5.77. The van der Waals surface area contributed by atoms with E-state index in [0.717, 1.165) is 6.54 Å². The van der Waals surface area contributed by atoms with Crippen molar-refractivity contribution in [2.24, 2.45) is 0 Å². The summed E-state index contributed by atoms with van der Waals surface area (Å²) in [6.07, 6.45) is 0.571. The lowest BCUT2D eigenvalue weighted by atomic mass is 9.84. The highest BCUT2D eigenvalue weighted by Crippen LogP contribution is 2.23. The van der Waals surface area contributed by atoms with Gasteiger partial charge in [0.25, 0.3) is 0 Å². The lowest BCUT2D eigenvalue weighted by molar-refractivity contribution is -0.130. The summed E-state index contributed by atoms with van der Waals surface area (Å²) in [5, 5.41) is 0. The van der Waals surface area contributed by atoms with E-state index < -0.39 is 0 Å². The topological polar surface area (TPSA) is 20.3 Å². The molecule has 1 amide bonds. The molecule has 0 aromatic heterocycles. The first-order chi connectivity index (χ1) is 7.47. The van der Waals surface area contributed by atoms with Crippen molar-refractivity contribution in [3.63, 3.8) is 0 Å². The van der Waals surface area contributed by atoms with Crippen LogP contribution in [0.3, 0.4) is 0 Å². The van der Waals surface area contributed by atoms with Gasteiger partial charge in [-0.3, -0.25) is 4.79 Å². The molecular weight excluding hydrogens is 198 g/mol. The number of hydrogen-bond donors (Lipinski definition) is 0. The van der Waals surface area contributed by atoms with E-state index in [1.807, 2.05) is 37.1 Å². The van der Waals surface area contributed by atoms with Crippen LogP contribution in [0.15, 0.2) is 30.3 Å². The number of carbonyl (C=O) groups is 1. The molecule has 0 spiro atoms. The zero-order valence-corrected chi connectivity index (χ0v) is 10.7. The normalized spacial score (nSPS) is 11.2. The van der Waals surface area contributed by atoms with E-state index in [4.69, 9.17) is 0 Å². The van der Waals surface area contributed by atoms with Gasteiger partial charge in [-0.25, -0.2) is 0 Å². The van der Waals surface area contributed by atoms with Crippen LogP contribution in [-0.2, 0) is 10.2 Å². The average molecular weight is 219 g/mol. The molecule has 0 aliphatic rings. The second kappa shape index (κ2) is 5.15. The van der Waals surface area contributed by atoms with Crippen molar-refractivity contribution >= 4 is 5.91 Å².